The lowest BCUT2D eigenvalue weighted by Gasteiger charge is -2.20. The second-order valence-electron chi connectivity index (χ2n) is 2.39. The van der Waals surface area contributed by atoms with Gasteiger partial charge in [-0.15, -0.1) is 12.3 Å². The Balaban J connectivity index is 0. The summed E-state index contributed by atoms with van der Waals surface area (Å²) in [6.07, 6.45) is 5.99. The molecule has 0 saturated heterocycles. The Labute approximate surface area is 80.3 Å². The minimum Gasteiger partial charge on any atom is -0.368 e. The maximum atomic E-state index is 10.6. The van der Waals surface area contributed by atoms with Gasteiger partial charge in [-0.1, -0.05) is 13.8 Å². The Morgan fingerprint density at radius 3 is 1.83 bits per heavy atom. The highest BCUT2D eigenvalue weighted by Crippen LogP contribution is 2.21. The largest absolute Gasteiger partial charge is 0.368 e. The SMILES string of the molecule is C#CC.CCC(S)(CC)C(N)=O. The molecule has 0 aliphatic carbocycles. The van der Waals surface area contributed by atoms with E-state index in [1.54, 1.807) is 6.92 Å². The quantitative estimate of drug-likeness (QED) is 0.511. The first-order valence-electron chi connectivity index (χ1n) is 3.88. The van der Waals surface area contributed by atoms with E-state index >= 15 is 0 Å². The van der Waals surface area contributed by atoms with E-state index in [2.05, 4.69) is 25.0 Å². The van der Waals surface area contributed by atoms with E-state index in [-0.39, 0.29) is 5.91 Å². The molecule has 0 aromatic carbocycles. The number of hydrogen-bond donors (Lipinski definition) is 2. The lowest BCUT2D eigenvalue weighted by Crippen LogP contribution is -2.37. The molecule has 0 heterocycles. The first kappa shape index (κ1) is 13.9. The van der Waals surface area contributed by atoms with E-state index in [0.29, 0.717) is 12.8 Å². The van der Waals surface area contributed by atoms with Gasteiger partial charge in [-0.2, -0.15) is 12.6 Å². The summed E-state index contributed by atoms with van der Waals surface area (Å²) in [7, 11) is 0. The standard InChI is InChI=1S/C6H13NOS.C3H4/c1-3-6(9,4-2)5(7)8;1-3-2/h9H,3-4H2,1-2H3,(H2,7,8);1H,2H3. The molecule has 2 nitrogen and oxygen atoms in total. The summed E-state index contributed by atoms with van der Waals surface area (Å²) in [5, 5.41) is 0. The summed E-state index contributed by atoms with van der Waals surface area (Å²) in [6, 6.07) is 0. The highest BCUT2D eigenvalue weighted by atomic mass is 32.1. The molecule has 0 atom stereocenters. The zero-order chi connectivity index (χ0) is 10.2. The predicted octanol–water partition coefficient (Wildman–Crippen LogP) is 1.60. The number of thiol groups is 1. The summed E-state index contributed by atoms with van der Waals surface area (Å²) in [5.74, 6) is 1.93. The molecule has 1 amide bonds. The maximum Gasteiger partial charge on any atom is 0.233 e. The second kappa shape index (κ2) is 7.05. The Morgan fingerprint density at radius 2 is 1.83 bits per heavy atom. The smallest absolute Gasteiger partial charge is 0.233 e. The van der Waals surface area contributed by atoms with Crippen LogP contribution in [0.4, 0.5) is 0 Å². The number of rotatable bonds is 3. The van der Waals surface area contributed by atoms with Crippen molar-refractivity contribution in [1.29, 1.82) is 0 Å². The molecule has 0 spiro atoms. The molecule has 0 aromatic heterocycles. The monoisotopic (exact) mass is 187 g/mol. The number of nitrogens with two attached hydrogens (primary N) is 1. The average molecular weight is 187 g/mol. The molecule has 0 saturated carbocycles. The van der Waals surface area contributed by atoms with E-state index in [1.165, 1.54) is 0 Å². The minimum absolute atomic E-state index is 0.323. The Hall–Kier alpha value is -0.620. The second-order valence-corrected chi connectivity index (χ2v) is 3.25. The van der Waals surface area contributed by atoms with Gasteiger partial charge < -0.3 is 5.73 Å². The van der Waals surface area contributed by atoms with Crippen LogP contribution < -0.4 is 5.73 Å². The third-order valence-electron chi connectivity index (χ3n) is 1.63. The van der Waals surface area contributed by atoms with E-state index in [1.807, 2.05) is 13.8 Å². The lowest BCUT2D eigenvalue weighted by atomic mass is 10.0. The molecule has 70 valence electrons. The topological polar surface area (TPSA) is 43.1 Å². The van der Waals surface area contributed by atoms with Gasteiger partial charge in [-0.25, -0.2) is 0 Å². The molecule has 0 radical (unpaired) electrons. The number of hydrogen-bond acceptors (Lipinski definition) is 2. The first-order chi connectivity index (χ1) is 5.48. The van der Waals surface area contributed by atoms with Crippen LogP contribution in [0.15, 0.2) is 0 Å². The van der Waals surface area contributed by atoms with Gasteiger partial charge in [0.15, 0.2) is 0 Å². The van der Waals surface area contributed by atoms with Crippen molar-refractivity contribution in [3.8, 4) is 12.3 Å². The van der Waals surface area contributed by atoms with Crippen LogP contribution in [0, 0.1) is 12.3 Å². The molecule has 2 N–H and O–H groups in total. The van der Waals surface area contributed by atoms with Gasteiger partial charge in [0.1, 0.15) is 0 Å². The Morgan fingerprint density at radius 1 is 1.58 bits per heavy atom. The van der Waals surface area contributed by atoms with Crippen molar-refractivity contribution in [2.75, 3.05) is 0 Å². The summed E-state index contributed by atoms with van der Waals surface area (Å²) < 4.78 is -0.583. The molecule has 0 aliphatic rings. The number of primary amides is 1. The van der Waals surface area contributed by atoms with Crippen LogP contribution in [0.2, 0.25) is 0 Å². The normalized spacial score (nSPS) is 9.25. The zero-order valence-corrected chi connectivity index (χ0v) is 8.82. The number of carbonyl (C=O) groups is 1. The van der Waals surface area contributed by atoms with Crippen LogP contribution in [-0.4, -0.2) is 10.7 Å². The van der Waals surface area contributed by atoms with Crippen molar-refractivity contribution in [2.45, 2.75) is 38.4 Å². The van der Waals surface area contributed by atoms with Gasteiger partial charge >= 0.3 is 0 Å². The molecule has 12 heavy (non-hydrogen) atoms. The van der Waals surface area contributed by atoms with Gasteiger partial charge in [0.05, 0.1) is 4.75 Å². The highest BCUT2D eigenvalue weighted by Gasteiger charge is 2.27. The summed E-state index contributed by atoms with van der Waals surface area (Å²) in [4.78, 5) is 10.6. The van der Waals surface area contributed by atoms with E-state index in [0.717, 1.165) is 0 Å². The maximum absolute atomic E-state index is 10.6. The fraction of sp³-hybridized carbons (Fsp3) is 0.667. The van der Waals surface area contributed by atoms with Crippen molar-refractivity contribution in [2.24, 2.45) is 5.73 Å². The zero-order valence-electron chi connectivity index (χ0n) is 7.92. The third-order valence-corrected chi connectivity index (χ3v) is 2.48. The van der Waals surface area contributed by atoms with Crippen molar-refractivity contribution in [1.82, 2.24) is 0 Å². The average Bonchev–Trinajstić information content (AvgIpc) is 2.04. The molecule has 0 aromatic rings. The molecule has 3 heteroatoms. The molecule has 0 unspecified atom stereocenters. The number of terminal acetylenes is 1. The van der Waals surface area contributed by atoms with Crippen LogP contribution >= 0.6 is 12.6 Å². The molecule has 0 bridgehead atoms. The van der Waals surface area contributed by atoms with Crippen molar-refractivity contribution < 1.29 is 4.79 Å². The lowest BCUT2D eigenvalue weighted by molar-refractivity contribution is -0.120. The summed E-state index contributed by atoms with van der Waals surface area (Å²) in [5.41, 5.74) is 5.08. The van der Waals surface area contributed by atoms with E-state index in [9.17, 15) is 4.79 Å². The van der Waals surface area contributed by atoms with Crippen LogP contribution in [-0.2, 0) is 4.79 Å². The van der Waals surface area contributed by atoms with Gasteiger partial charge in [0, 0.05) is 0 Å². The van der Waals surface area contributed by atoms with Crippen LogP contribution in [0.25, 0.3) is 0 Å². The van der Waals surface area contributed by atoms with Gasteiger partial charge in [-0.05, 0) is 19.8 Å². The van der Waals surface area contributed by atoms with Crippen LogP contribution in [0.5, 0.6) is 0 Å². The van der Waals surface area contributed by atoms with Gasteiger partial charge in [-0.3, -0.25) is 4.79 Å². The van der Waals surface area contributed by atoms with E-state index in [4.69, 9.17) is 5.73 Å². The van der Waals surface area contributed by atoms with Gasteiger partial charge in [0.2, 0.25) is 5.91 Å². The molecular weight excluding hydrogens is 170 g/mol. The Bertz CT molecular complexity index is 168. The number of carbonyl (C=O) groups excluding carboxylic acids is 1. The predicted molar refractivity (Wildman–Crippen MR) is 56.0 cm³/mol. The molecule has 0 aliphatic heterocycles. The summed E-state index contributed by atoms with van der Waals surface area (Å²) >= 11 is 4.14. The van der Waals surface area contributed by atoms with Crippen molar-refractivity contribution in [3.63, 3.8) is 0 Å². The first-order valence-corrected chi connectivity index (χ1v) is 4.32. The molecular formula is C9H17NOS. The molecule has 0 fully saturated rings. The highest BCUT2D eigenvalue weighted by molar-refractivity contribution is 7.82. The summed E-state index contributed by atoms with van der Waals surface area (Å²) in [6.45, 7) is 5.46. The van der Waals surface area contributed by atoms with Crippen LogP contribution in [0.1, 0.15) is 33.6 Å². The Kier molecular flexibility index (Phi) is 8.19. The van der Waals surface area contributed by atoms with E-state index < -0.39 is 4.75 Å². The number of amides is 1. The molecule has 0 rings (SSSR count). The van der Waals surface area contributed by atoms with Crippen LogP contribution in [0.3, 0.4) is 0 Å². The van der Waals surface area contributed by atoms with Crippen molar-refractivity contribution >= 4 is 18.5 Å². The fourth-order valence-corrected chi connectivity index (χ4v) is 0.598. The minimum atomic E-state index is -0.583. The van der Waals surface area contributed by atoms with Crippen molar-refractivity contribution in [3.05, 3.63) is 0 Å². The van der Waals surface area contributed by atoms with Gasteiger partial charge in [0.25, 0.3) is 0 Å². The third kappa shape index (κ3) is 5.09. The fourth-order valence-electron chi connectivity index (χ4n) is 0.598.